The van der Waals surface area contributed by atoms with Crippen molar-refractivity contribution in [2.75, 3.05) is 18.7 Å². The van der Waals surface area contributed by atoms with E-state index in [9.17, 15) is 4.79 Å². The summed E-state index contributed by atoms with van der Waals surface area (Å²) in [4.78, 5) is 17.0. The molecule has 1 heterocycles. The van der Waals surface area contributed by atoms with E-state index in [0.717, 1.165) is 16.3 Å². The second-order valence-electron chi connectivity index (χ2n) is 4.48. The molecule has 0 aliphatic rings. The lowest BCUT2D eigenvalue weighted by Crippen LogP contribution is -2.31. The van der Waals surface area contributed by atoms with Gasteiger partial charge in [0.2, 0.25) is 0 Å². The molecule has 118 valence electrons. The number of hydrogen-bond donors (Lipinski definition) is 2. The van der Waals surface area contributed by atoms with Gasteiger partial charge in [-0.15, -0.1) is 11.3 Å². The molecule has 2 amide bonds. The first-order chi connectivity index (χ1) is 10.6. The molecule has 0 aliphatic carbocycles. The molecule has 2 N–H and O–H groups in total. The van der Waals surface area contributed by atoms with Gasteiger partial charge in [-0.05, 0) is 45.0 Å². The van der Waals surface area contributed by atoms with Crippen LogP contribution < -0.4 is 20.1 Å². The largest absolute Gasteiger partial charge is 0.494 e. The van der Waals surface area contributed by atoms with Crippen LogP contribution in [0.1, 0.15) is 17.5 Å². The van der Waals surface area contributed by atoms with E-state index in [4.69, 9.17) is 9.47 Å². The van der Waals surface area contributed by atoms with Crippen LogP contribution in [0.15, 0.2) is 24.3 Å². The molecule has 1 aromatic carbocycles. The van der Waals surface area contributed by atoms with Gasteiger partial charge in [-0.3, -0.25) is 5.32 Å². The number of amides is 2. The third-order valence-electron chi connectivity index (χ3n) is 2.86. The van der Waals surface area contributed by atoms with Crippen molar-refractivity contribution in [2.24, 2.45) is 0 Å². The van der Waals surface area contributed by atoms with Crippen LogP contribution in [0.2, 0.25) is 0 Å². The summed E-state index contributed by atoms with van der Waals surface area (Å²) in [7, 11) is 0. The SMILES string of the molecule is CCOc1ccc(OCNC(=O)Nc2nc(C)c(C)s2)cc1. The molecule has 22 heavy (non-hydrogen) atoms. The Kier molecular flexibility index (Phi) is 5.60. The number of carbonyl (C=O) groups excluding carboxylic acids is 1. The lowest BCUT2D eigenvalue weighted by Gasteiger charge is -2.09. The Morgan fingerprint density at radius 3 is 2.36 bits per heavy atom. The molecule has 0 saturated carbocycles. The highest BCUT2D eigenvalue weighted by atomic mass is 32.1. The maximum Gasteiger partial charge on any atom is 0.323 e. The van der Waals surface area contributed by atoms with E-state index < -0.39 is 0 Å². The van der Waals surface area contributed by atoms with Gasteiger partial charge in [0, 0.05) is 4.88 Å². The Morgan fingerprint density at radius 1 is 1.18 bits per heavy atom. The fourth-order valence-electron chi connectivity index (χ4n) is 1.65. The Labute approximate surface area is 133 Å². The van der Waals surface area contributed by atoms with E-state index in [1.807, 2.05) is 32.9 Å². The smallest absolute Gasteiger partial charge is 0.323 e. The minimum absolute atomic E-state index is 0.0726. The van der Waals surface area contributed by atoms with Crippen molar-refractivity contribution in [2.45, 2.75) is 20.8 Å². The van der Waals surface area contributed by atoms with Crippen molar-refractivity contribution in [1.29, 1.82) is 0 Å². The van der Waals surface area contributed by atoms with Gasteiger partial charge in [-0.25, -0.2) is 9.78 Å². The zero-order chi connectivity index (χ0) is 15.9. The molecule has 0 unspecified atom stereocenters. The lowest BCUT2D eigenvalue weighted by atomic mass is 10.3. The molecule has 2 aromatic rings. The number of nitrogens with one attached hydrogen (secondary N) is 2. The van der Waals surface area contributed by atoms with Gasteiger partial charge >= 0.3 is 6.03 Å². The summed E-state index contributed by atoms with van der Waals surface area (Å²) >= 11 is 1.44. The minimum atomic E-state index is -0.348. The van der Waals surface area contributed by atoms with E-state index in [2.05, 4.69) is 15.6 Å². The lowest BCUT2D eigenvalue weighted by molar-refractivity contribution is 0.234. The second kappa shape index (κ2) is 7.65. The quantitative estimate of drug-likeness (QED) is 0.801. The summed E-state index contributed by atoms with van der Waals surface area (Å²) < 4.78 is 10.8. The number of thiazole rings is 1. The highest BCUT2D eigenvalue weighted by molar-refractivity contribution is 7.15. The fraction of sp³-hybridized carbons (Fsp3) is 0.333. The van der Waals surface area contributed by atoms with Crippen molar-refractivity contribution in [1.82, 2.24) is 10.3 Å². The van der Waals surface area contributed by atoms with E-state index in [1.165, 1.54) is 11.3 Å². The Hall–Kier alpha value is -2.28. The topological polar surface area (TPSA) is 72.5 Å². The van der Waals surface area contributed by atoms with Gasteiger partial charge in [-0.1, -0.05) is 0 Å². The number of anilines is 1. The molecule has 0 atom stereocenters. The summed E-state index contributed by atoms with van der Waals surface area (Å²) in [6.07, 6.45) is 0. The van der Waals surface area contributed by atoms with Crippen LogP contribution in [-0.4, -0.2) is 24.4 Å². The molecule has 0 saturated heterocycles. The standard InChI is InChI=1S/C15H19N3O3S/c1-4-20-12-5-7-13(8-6-12)21-9-16-14(19)18-15-17-10(2)11(3)22-15/h5-8H,4,9H2,1-3H3,(H2,16,17,18,19). The van der Waals surface area contributed by atoms with Crippen LogP contribution >= 0.6 is 11.3 Å². The Morgan fingerprint density at radius 2 is 1.82 bits per heavy atom. The monoisotopic (exact) mass is 321 g/mol. The summed E-state index contributed by atoms with van der Waals surface area (Å²) in [5.41, 5.74) is 0.922. The van der Waals surface area contributed by atoms with E-state index >= 15 is 0 Å². The van der Waals surface area contributed by atoms with Gasteiger partial charge in [0.25, 0.3) is 0 Å². The summed E-state index contributed by atoms with van der Waals surface area (Å²) in [6, 6.07) is 6.87. The van der Waals surface area contributed by atoms with Crippen molar-refractivity contribution >= 4 is 22.5 Å². The number of rotatable bonds is 6. The number of aromatic nitrogens is 1. The van der Waals surface area contributed by atoms with E-state index in [-0.39, 0.29) is 12.8 Å². The predicted octanol–water partition coefficient (Wildman–Crippen LogP) is 3.32. The van der Waals surface area contributed by atoms with Gasteiger partial charge in [0.15, 0.2) is 11.9 Å². The average Bonchev–Trinajstić information content (AvgIpc) is 2.79. The van der Waals surface area contributed by atoms with Crippen LogP contribution in [-0.2, 0) is 0 Å². The van der Waals surface area contributed by atoms with Crippen molar-refractivity contribution < 1.29 is 14.3 Å². The third-order valence-corrected chi connectivity index (χ3v) is 3.84. The Bertz CT molecular complexity index is 606. The molecular weight excluding hydrogens is 302 g/mol. The van der Waals surface area contributed by atoms with Crippen LogP contribution in [0.25, 0.3) is 0 Å². The van der Waals surface area contributed by atoms with Gasteiger partial charge in [-0.2, -0.15) is 0 Å². The van der Waals surface area contributed by atoms with Crippen LogP contribution in [0.3, 0.4) is 0 Å². The zero-order valence-corrected chi connectivity index (χ0v) is 13.6. The number of ether oxygens (including phenoxy) is 2. The number of hydrogen-bond acceptors (Lipinski definition) is 5. The first-order valence-corrected chi connectivity index (χ1v) is 7.74. The van der Waals surface area contributed by atoms with Gasteiger partial charge in [0.05, 0.1) is 12.3 Å². The number of carbonyl (C=O) groups is 1. The van der Waals surface area contributed by atoms with Crippen LogP contribution in [0.4, 0.5) is 9.93 Å². The summed E-state index contributed by atoms with van der Waals surface area (Å²) in [5.74, 6) is 1.44. The van der Waals surface area contributed by atoms with Crippen molar-refractivity contribution in [3.8, 4) is 11.5 Å². The molecule has 0 fully saturated rings. The molecule has 0 radical (unpaired) electrons. The van der Waals surface area contributed by atoms with Crippen molar-refractivity contribution in [3.05, 3.63) is 34.8 Å². The van der Waals surface area contributed by atoms with Crippen molar-refractivity contribution in [3.63, 3.8) is 0 Å². The Balaban J connectivity index is 1.74. The molecule has 6 nitrogen and oxygen atoms in total. The molecular formula is C15H19N3O3S. The maximum atomic E-state index is 11.7. The first kappa shape index (κ1) is 16.1. The molecule has 7 heteroatoms. The highest BCUT2D eigenvalue weighted by Crippen LogP contribution is 2.21. The summed E-state index contributed by atoms with van der Waals surface area (Å²) in [5, 5.41) is 5.86. The van der Waals surface area contributed by atoms with Gasteiger partial charge in [0.1, 0.15) is 11.5 Å². The third kappa shape index (κ3) is 4.63. The summed E-state index contributed by atoms with van der Waals surface area (Å²) in [6.45, 7) is 6.49. The second-order valence-corrected chi connectivity index (χ2v) is 5.69. The van der Waals surface area contributed by atoms with Crippen LogP contribution in [0, 0.1) is 13.8 Å². The van der Waals surface area contributed by atoms with E-state index in [0.29, 0.717) is 17.5 Å². The number of aryl methyl sites for hydroxylation is 2. The minimum Gasteiger partial charge on any atom is -0.494 e. The number of urea groups is 1. The molecule has 0 spiro atoms. The molecule has 2 rings (SSSR count). The average molecular weight is 321 g/mol. The highest BCUT2D eigenvalue weighted by Gasteiger charge is 2.07. The van der Waals surface area contributed by atoms with E-state index in [1.54, 1.807) is 12.1 Å². The predicted molar refractivity (Wildman–Crippen MR) is 86.8 cm³/mol. The van der Waals surface area contributed by atoms with Crippen LogP contribution in [0.5, 0.6) is 11.5 Å². The molecule has 0 aliphatic heterocycles. The maximum absolute atomic E-state index is 11.7. The van der Waals surface area contributed by atoms with Gasteiger partial charge < -0.3 is 14.8 Å². The normalized spacial score (nSPS) is 10.1. The molecule has 1 aromatic heterocycles. The first-order valence-electron chi connectivity index (χ1n) is 6.93. The fourth-order valence-corrected chi connectivity index (χ4v) is 2.46. The number of nitrogens with zero attached hydrogens (tertiary/aromatic N) is 1. The number of benzene rings is 1. The zero-order valence-electron chi connectivity index (χ0n) is 12.8. The molecule has 0 bridgehead atoms.